The van der Waals surface area contributed by atoms with Crippen LogP contribution in [0.3, 0.4) is 0 Å². The van der Waals surface area contributed by atoms with E-state index in [1.807, 2.05) is 6.92 Å². The predicted molar refractivity (Wildman–Crippen MR) is 72.2 cm³/mol. The van der Waals surface area contributed by atoms with Gasteiger partial charge in [-0.25, -0.2) is 0 Å². The van der Waals surface area contributed by atoms with Gasteiger partial charge in [-0.15, -0.1) is 0 Å². The third kappa shape index (κ3) is 4.44. The zero-order valence-corrected chi connectivity index (χ0v) is 12.0. The third-order valence-electron chi connectivity index (χ3n) is 2.26. The molecule has 0 aliphatic rings. The van der Waals surface area contributed by atoms with Crippen LogP contribution < -0.4 is 10.6 Å². The van der Waals surface area contributed by atoms with E-state index in [0.717, 1.165) is 10.9 Å². The van der Waals surface area contributed by atoms with Gasteiger partial charge in [0, 0.05) is 23.4 Å². The summed E-state index contributed by atoms with van der Waals surface area (Å²) in [7, 11) is 0. The van der Waals surface area contributed by atoms with Crippen LogP contribution in [0.2, 0.25) is 0 Å². The second kappa shape index (κ2) is 7.10. The molecule has 0 bridgehead atoms. The fourth-order valence-corrected chi connectivity index (χ4v) is 1.65. The standard InChI is InChI=1S/C12H16BrN3O2/c1-3-4-15-11(17)8(2)16-12(18)9-5-10(13)7-14-6-9/h5-8H,3-4H2,1-2H3,(H,15,17)(H,16,18). The molecule has 6 heteroatoms. The van der Waals surface area contributed by atoms with Crippen LogP contribution in [0.1, 0.15) is 30.6 Å². The van der Waals surface area contributed by atoms with Crippen molar-refractivity contribution in [2.75, 3.05) is 6.54 Å². The minimum absolute atomic E-state index is 0.187. The predicted octanol–water partition coefficient (Wildman–Crippen LogP) is 1.49. The first kappa shape index (κ1) is 14.6. The van der Waals surface area contributed by atoms with Gasteiger partial charge < -0.3 is 10.6 Å². The number of pyridine rings is 1. The molecule has 0 spiro atoms. The van der Waals surface area contributed by atoms with Crippen molar-refractivity contribution >= 4 is 27.7 Å². The molecule has 18 heavy (non-hydrogen) atoms. The van der Waals surface area contributed by atoms with Crippen LogP contribution in [0, 0.1) is 0 Å². The first-order valence-corrected chi connectivity index (χ1v) is 6.53. The normalized spacial score (nSPS) is 11.7. The first-order valence-electron chi connectivity index (χ1n) is 5.73. The second-order valence-electron chi connectivity index (χ2n) is 3.88. The molecule has 5 nitrogen and oxygen atoms in total. The van der Waals surface area contributed by atoms with Gasteiger partial charge in [0.15, 0.2) is 0 Å². The number of hydrogen-bond donors (Lipinski definition) is 2. The summed E-state index contributed by atoms with van der Waals surface area (Å²) in [4.78, 5) is 27.3. The van der Waals surface area contributed by atoms with E-state index in [1.165, 1.54) is 6.20 Å². The molecule has 0 saturated carbocycles. The topological polar surface area (TPSA) is 71.1 Å². The maximum absolute atomic E-state index is 11.8. The Morgan fingerprint density at radius 1 is 1.44 bits per heavy atom. The lowest BCUT2D eigenvalue weighted by Gasteiger charge is -2.13. The van der Waals surface area contributed by atoms with E-state index in [2.05, 4.69) is 31.5 Å². The lowest BCUT2D eigenvalue weighted by molar-refractivity contribution is -0.122. The highest BCUT2D eigenvalue weighted by Gasteiger charge is 2.16. The summed E-state index contributed by atoms with van der Waals surface area (Å²) in [5.74, 6) is -0.504. The van der Waals surface area contributed by atoms with E-state index in [4.69, 9.17) is 0 Å². The Labute approximate surface area is 114 Å². The number of nitrogens with one attached hydrogen (secondary N) is 2. The van der Waals surface area contributed by atoms with Crippen molar-refractivity contribution in [3.8, 4) is 0 Å². The van der Waals surface area contributed by atoms with Crippen molar-refractivity contribution < 1.29 is 9.59 Å². The maximum atomic E-state index is 11.8. The van der Waals surface area contributed by atoms with E-state index >= 15 is 0 Å². The van der Waals surface area contributed by atoms with E-state index in [1.54, 1.807) is 19.2 Å². The van der Waals surface area contributed by atoms with Crippen molar-refractivity contribution in [3.05, 3.63) is 28.5 Å². The van der Waals surface area contributed by atoms with Crippen LogP contribution in [0.4, 0.5) is 0 Å². The summed E-state index contributed by atoms with van der Waals surface area (Å²) < 4.78 is 0.721. The number of carbonyl (C=O) groups is 2. The fraction of sp³-hybridized carbons (Fsp3) is 0.417. The van der Waals surface area contributed by atoms with Gasteiger partial charge in [-0.3, -0.25) is 14.6 Å². The third-order valence-corrected chi connectivity index (χ3v) is 2.69. The molecular formula is C12H16BrN3O2. The van der Waals surface area contributed by atoms with Gasteiger partial charge in [0.2, 0.25) is 5.91 Å². The van der Waals surface area contributed by atoms with Crippen LogP contribution >= 0.6 is 15.9 Å². The summed E-state index contributed by atoms with van der Waals surface area (Å²) in [6, 6.07) is 1.09. The lowest BCUT2D eigenvalue weighted by Crippen LogP contribution is -2.45. The number of rotatable bonds is 5. The molecule has 1 aromatic heterocycles. The minimum atomic E-state index is -0.567. The Kier molecular flexibility index (Phi) is 5.77. The molecule has 98 valence electrons. The number of hydrogen-bond acceptors (Lipinski definition) is 3. The van der Waals surface area contributed by atoms with Gasteiger partial charge in [0.1, 0.15) is 6.04 Å². The zero-order chi connectivity index (χ0) is 13.5. The molecule has 1 heterocycles. The Morgan fingerprint density at radius 3 is 2.78 bits per heavy atom. The number of halogens is 1. The molecule has 0 aromatic carbocycles. The van der Waals surface area contributed by atoms with Crippen LogP contribution in [-0.4, -0.2) is 29.4 Å². The smallest absolute Gasteiger partial charge is 0.253 e. The summed E-state index contributed by atoms with van der Waals surface area (Å²) in [6.45, 7) is 4.22. The second-order valence-corrected chi connectivity index (χ2v) is 4.79. The fourth-order valence-electron chi connectivity index (χ4n) is 1.28. The molecule has 1 rings (SSSR count). The quantitative estimate of drug-likeness (QED) is 0.865. The number of nitrogens with zero attached hydrogens (tertiary/aromatic N) is 1. The average Bonchev–Trinajstić information content (AvgIpc) is 2.35. The van der Waals surface area contributed by atoms with Gasteiger partial charge in [-0.2, -0.15) is 0 Å². The van der Waals surface area contributed by atoms with E-state index < -0.39 is 6.04 Å². The van der Waals surface area contributed by atoms with Crippen LogP contribution in [0.5, 0.6) is 0 Å². The van der Waals surface area contributed by atoms with Gasteiger partial charge in [0.25, 0.3) is 5.91 Å². The number of aromatic nitrogens is 1. The van der Waals surface area contributed by atoms with Crippen molar-refractivity contribution in [2.45, 2.75) is 26.3 Å². The molecule has 1 aromatic rings. The number of amides is 2. The Morgan fingerprint density at radius 2 is 2.17 bits per heavy atom. The van der Waals surface area contributed by atoms with Crippen LogP contribution in [-0.2, 0) is 4.79 Å². The Balaban J connectivity index is 2.56. The minimum Gasteiger partial charge on any atom is -0.354 e. The summed E-state index contributed by atoms with van der Waals surface area (Å²) in [5.41, 5.74) is 0.416. The van der Waals surface area contributed by atoms with Crippen molar-refractivity contribution in [3.63, 3.8) is 0 Å². The Bertz CT molecular complexity index is 437. The van der Waals surface area contributed by atoms with Gasteiger partial charge in [-0.05, 0) is 35.3 Å². The zero-order valence-electron chi connectivity index (χ0n) is 10.4. The highest BCUT2D eigenvalue weighted by Crippen LogP contribution is 2.09. The number of carbonyl (C=O) groups excluding carboxylic acids is 2. The summed E-state index contributed by atoms with van der Waals surface area (Å²) in [5, 5.41) is 5.34. The van der Waals surface area contributed by atoms with Crippen molar-refractivity contribution in [2.24, 2.45) is 0 Å². The highest BCUT2D eigenvalue weighted by molar-refractivity contribution is 9.10. The average molecular weight is 314 g/mol. The maximum Gasteiger partial charge on any atom is 0.253 e. The van der Waals surface area contributed by atoms with Gasteiger partial charge >= 0.3 is 0 Å². The van der Waals surface area contributed by atoms with E-state index in [9.17, 15) is 9.59 Å². The first-order chi connectivity index (χ1) is 8.54. The molecule has 0 aliphatic heterocycles. The largest absolute Gasteiger partial charge is 0.354 e. The van der Waals surface area contributed by atoms with Crippen LogP contribution in [0.15, 0.2) is 22.9 Å². The summed E-state index contributed by atoms with van der Waals surface area (Å²) >= 11 is 3.24. The van der Waals surface area contributed by atoms with Gasteiger partial charge in [-0.1, -0.05) is 6.92 Å². The highest BCUT2D eigenvalue weighted by atomic mass is 79.9. The molecule has 2 N–H and O–H groups in total. The molecule has 2 amide bonds. The molecule has 0 aliphatic carbocycles. The molecule has 0 radical (unpaired) electrons. The molecule has 1 unspecified atom stereocenters. The van der Waals surface area contributed by atoms with Crippen LogP contribution in [0.25, 0.3) is 0 Å². The lowest BCUT2D eigenvalue weighted by atomic mass is 10.2. The van der Waals surface area contributed by atoms with Gasteiger partial charge in [0.05, 0.1) is 5.56 Å². The molecule has 0 fully saturated rings. The molecule has 0 saturated heterocycles. The Hall–Kier alpha value is -1.43. The monoisotopic (exact) mass is 313 g/mol. The van der Waals surface area contributed by atoms with E-state index in [0.29, 0.717) is 12.1 Å². The molecule has 1 atom stereocenters. The molecular weight excluding hydrogens is 298 g/mol. The van der Waals surface area contributed by atoms with E-state index in [-0.39, 0.29) is 11.8 Å². The van der Waals surface area contributed by atoms with Crippen molar-refractivity contribution in [1.29, 1.82) is 0 Å². The SMILES string of the molecule is CCCNC(=O)C(C)NC(=O)c1cncc(Br)c1. The summed E-state index contributed by atoms with van der Waals surface area (Å²) in [6.07, 6.45) is 3.91. The van der Waals surface area contributed by atoms with Crippen molar-refractivity contribution in [1.82, 2.24) is 15.6 Å².